The van der Waals surface area contributed by atoms with Crippen molar-refractivity contribution in [1.29, 1.82) is 0 Å². The van der Waals surface area contributed by atoms with Crippen molar-refractivity contribution in [1.82, 2.24) is 0 Å². The number of hydrogen-bond donors (Lipinski definition) is 2. The normalized spacial score (nSPS) is 21.6. The SMILES string of the molecule is OCc1ccccc1[C@@H]1Oc2ccccc2C[C@H]1O. The molecule has 0 saturated carbocycles. The maximum atomic E-state index is 10.3. The van der Waals surface area contributed by atoms with E-state index in [-0.39, 0.29) is 6.61 Å². The molecule has 0 spiro atoms. The average molecular weight is 256 g/mol. The van der Waals surface area contributed by atoms with Gasteiger partial charge in [-0.05, 0) is 17.2 Å². The van der Waals surface area contributed by atoms with E-state index >= 15 is 0 Å². The molecule has 3 rings (SSSR count). The van der Waals surface area contributed by atoms with Crippen LogP contribution in [0.1, 0.15) is 22.8 Å². The molecule has 2 aromatic carbocycles. The van der Waals surface area contributed by atoms with Crippen LogP contribution in [0.4, 0.5) is 0 Å². The van der Waals surface area contributed by atoms with Crippen molar-refractivity contribution >= 4 is 0 Å². The zero-order valence-electron chi connectivity index (χ0n) is 10.5. The second kappa shape index (κ2) is 5.03. The number of para-hydroxylation sites is 1. The van der Waals surface area contributed by atoms with Gasteiger partial charge >= 0.3 is 0 Å². The first-order valence-electron chi connectivity index (χ1n) is 6.41. The Morgan fingerprint density at radius 3 is 2.63 bits per heavy atom. The van der Waals surface area contributed by atoms with Gasteiger partial charge < -0.3 is 14.9 Å². The molecule has 98 valence electrons. The quantitative estimate of drug-likeness (QED) is 0.866. The molecule has 1 aliphatic rings. The molecule has 2 atom stereocenters. The summed E-state index contributed by atoms with van der Waals surface area (Å²) in [5.41, 5.74) is 2.67. The van der Waals surface area contributed by atoms with Gasteiger partial charge in [0.25, 0.3) is 0 Å². The molecule has 1 heterocycles. The predicted octanol–water partition coefficient (Wildman–Crippen LogP) is 2.22. The summed E-state index contributed by atoms with van der Waals surface area (Å²) < 4.78 is 5.91. The number of aliphatic hydroxyl groups excluding tert-OH is 2. The summed E-state index contributed by atoms with van der Waals surface area (Å²) in [6, 6.07) is 15.3. The van der Waals surface area contributed by atoms with Gasteiger partial charge in [0, 0.05) is 12.0 Å². The number of fused-ring (bicyclic) bond motifs is 1. The van der Waals surface area contributed by atoms with Crippen LogP contribution in [0.25, 0.3) is 0 Å². The van der Waals surface area contributed by atoms with Crippen molar-refractivity contribution in [3.05, 3.63) is 65.2 Å². The van der Waals surface area contributed by atoms with Crippen LogP contribution in [0.5, 0.6) is 5.75 Å². The van der Waals surface area contributed by atoms with E-state index in [0.717, 1.165) is 22.4 Å². The Balaban J connectivity index is 1.98. The number of rotatable bonds is 2. The van der Waals surface area contributed by atoms with Crippen molar-refractivity contribution in [2.45, 2.75) is 25.2 Å². The van der Waals surface area contributed by atoms with Crippen molar-refractivity contribution in [2.24, 2.45) is 0 Å². The van der Waals surface area contributed by atoms with Crippen molar-refractivity contribution < 1.29 is 14.9 Å². The summed E-state index contributed by atoms with van der Waals surface area (Å²) in [7, 11) is 0. The van der Waals surface area contributed by atoms with Crippen molar-refractivity contribution in [2.75, 3.05) is 0 Å². The molecule has 1 aliphatic heterocycles. The largest absolute Gasteiger partial charge is 0.483 e. The summed E-state index contributed by atoms with van der Waals surface area (Å²) in [5, 5.41) is 19.7. The molecule has 2 aromatic rings. The lowest BCUT2D eigenvalue weighted by Gasteiger charge is -2.31. The van der Waals surface area contributed by atoms with Crippen LogP contribution in [0.2, 0.25) is 0 Å². The minimum Gasteiger partial charge on any atom is -0.483 e. The molecular formula is C16H16O3. The van der Waals surface area contributed by atoms with Gasteiger partial charge in [-0.1, -0.05) is 42.5 Å². The molecule has 0 aliphatic carbocycles. The van der Waals surface area contributed by atoms with E-state index in [2.05, 4.69) is 0 Å². The van der Waals surface area contributed by atoms with Gasteiger partial charge in [0.2, 0.25) is 0 Å². The number of hydrogen-bond acceptors (Lipinski definition) is 3. The van der Waals surface area contributed by atoms with Crippen LogP contribution in [0.3, 0.4) is 0 Å². The van der Waals surface area contributed by atoms with Gasteiger partial charge in [0.05, 0.1) is 12.7 Å². The van der Waals surface area contributed by atoms with E-state index in [4.69, 9.17) is 4.74 Å². The summed E-state index contributed by atoms with van der Waals surface area (Å²) in [4.78, 5) is 0. The minimum atomic E-state index is -0.595. The molecule has 0 aromatic heterocycles. The van der Waals surface area contributed by atoms with E-state index < -0.39 is 12.2 Å². The second-order valence-corrected chi connectivity index (χ2v) is 4.77. The Kier molecular flexibility index (Phi) is 3.23. The minimum absolute atomic E-state index is 0.0512. The zero-order chi connectivity index (χ0) is 13.2. The molecule has 3 nitrogen and oxygen atoms in total. The molecule has 0 bridgehead atoms. The molecule has 0 radical (unpaired) electrons. The Labute approximate surface area is 112 Å². The third-order valence-electron chi connectivity index (χ3n) is 3.54. The standard InChI is InChI=1S/C16H16O3/c17-10-12-6-1-3-7-13(12)16-14(18)9-11-5-2-4-8-15(11)19-16/h1-8,14,16-18H,9-10H2/t14-,16+/m1/s1. The van der Waals surface area contributed by atoms with Gasteiger partial charge in [-0.2, -0.15) is 0 Å². The highest BCUT2D eigenvalue weighted by Gasteiger charge is 2.30. The molecule has 2 N–H and O–H groups in total. The molecule has 19 heavy (non-hydrogen) atoms. The van der Waals surface area contributed by atoms with Crippen LogP contribution in [0, 0.1) is 0 Å². The van der Waals surface area contributed by atoms with Gasteiger partial charge in [0.1, 0.15) is 5.75 Å². The molecule has 0 amide bonds. The highest BCUT2D eigenvalue weighted by Crippen LogP contribution is 2.36. The maximum absolute atomic E-state index is 10.3. The predicted molar refractivity (Wildman–Crippen MR) is 71.9 cm³/mol. The highest BCUT2D eigenvalue weighted by molar-refractivity contribution is 5.39. The number of ether oxygens (including phenoxy) is 1. The molecule has 0 fully saturated rings. The molecular weight excluding hydrogens is 240 g/mol. The number of benzene rings is 2. The van der Waals surface area contributed by atoms with Gasteiger partial charge in [-0.15, -0.1) is 0 Å². The fourth-order valence-electron chi connectivity index (χ4n) is 2.56. The van der Waals surface area contributed by atoms with E-state index in [1.165, 1.54) is 0 Å². The van der Waals surface area contributed by atoms with Gasteiger partial charge in [0.15, 0.2) is 6.10 Å². The summed E-state index contributed by atoms with van der Waals surface area (Å²) >= 11 is 0. The molecule has 0 unspecified atom stereocenters. The van der Waals surface area contributed by atoms with Crippen molar-refractivity contribution in [3.8, 4) is 5.75 Å². The Hall–Kier alpha value is -1.84. The van der Waals surface area contributed by atoms with Gasteiger partial charge in [-0.25, -0.2) is 0 Å². The first kappa shape index (κ1) is 12.2. The average Bonchev–Trinajstić information content (AvgIpc) is 2.46. The Morgan fingerprint density at radius 2 is 1.79 bits per heavy atom. The van der Waals surface area contributed by atoms with Crippen LogP contribution < -0.4 is 4.74 Å². The molecule has 0 saturated heterocycles. The van der Waals surface area contributed by atoms with Crippen LogP contribution in [-0.4, -0.2) is 16.3 Å². The van der Waals surface area contributed by atoms with E-state index in [0.29, 0.717) is 6.42 Å². The zero-order valence-corrected chi connectivity index (χ0v) is 10.5. The lowest BCUT2D eigenvalue weighted by molar-refractivity contribution is 0.0197. The first-order chi connectivity index (χ1) is 9.29. The van der Waals surface area contributed by atoms with E-state index in [1.54, 1.807) is 0 Å². The maximum Gasteiger partial charge on any atom is 0.150 e. The smallest absolute Gasteiger partial charge is 0.150 e. The third-order valence-corrected chi connectivity index (χ3v) is 3.54. The first-order valence-corrected chi connectivity index (χ1v) is 6.41. The topological polar surface area (TPSA) is 49.7 Å². The summed E-state index contributed by atoms with van der Waals surface area (Å²) in [6.45, 7) is -0.0512. The third kappa shape index (κ3) is 2.23. The number of aliphatic hydroxyl groups is 2. The monoisotopic (exact) mass is 256 g/mol. The van der Waals surface area contributed by atoms with E-state index in [9.17, 15) is 10.2 Å². The van der Waals surface area contributed by atoms with Gasteiger partial charge in [-0.3, -0.25) is 0 Å². The lowest BCUT2D eigenvalue weighted by Crippen LogP contribution is -2.31. The van der Waals surface area contributed by atoms with Crippen molar-refractivity contribution in [3.63, 3.8) is 0 Å². The van der Waals surface area contributed by atoms with Crippen LogP contribution in [0.15, 0.2) is 48.5 Å². The fraction of sp³-hybridized carbons (Fsp3) is 0.250. The fourth-order valence-corrected chi connectivity index (χ4v) is 2.56. The highest BCUT2D eigenvalue weighted by atomic mass is 16.5. The summed E-state index contributed by atoms with van der Waals surface area (Å²) in [5.74, 6) is 0.811. The Bertz CT molecular complexity index is 580. The summed E-state index contributed by atoms with van der Waals surface area (Å²) in [6.07, 6.45) is -0.443. The second-order valence-electron chi connectivity index (χ2n) is 4.77. The van der Waals surface area contributed by atoms with Crippen LogP contribution in [-0.2, 0) is 13.0 Å². The van der Waals surface area contributed by atoms with Crippen LogP contribution >= 0.6 is 0 Å². The van der Waals surface area contributed by atoms with E-state index in [1.807, 2.05) is 48.5 Å². The lowest BCUT2D eigenvalue weighted by atomic mass is 9.92. The Morgan fingerprint density at radius 1 is 1.05 bits per heavy atom. The molecule has 3 heteroatoms.